The Balaban J connectivity index is 1.70. The molecular formula is C16H21F3N2. The molecule has 0 aromatic heterocycles. The van der Waals surface area contributed by atoms with Gasteiger partial charge < -0.3 is 10.2 Å². The lowest BCUT2D eigenvalue weighted by molar-refractivity contribution is -0.135. The van der Waals surface area contributed by atoms with Crippen molar-refractivity contribution in [2.75, 3.05) is 18.0 Å². The molecule has 1 unspecified atom stereocenters. The zero-order valence-corrected chi connectivity index (χ0v) is 12.0. The standard InChI is InChI=1S/C16H21F3N2/c17-16(18,19)8-3-9-21-11-14(12-6-7-12)20-10-13-4-1-2-5-15(13)21/h1-2,4-5,12,14,20H,3,6-11H2. The average Bonchev–Trinajstić information content (AvgIpc) is 3.24. The molecule has 1 aliphatic heterocycles. The number of alkyl halides is 3. The Morgan fingerprint density at radius 2 is 1.95 bits per heavy atom. The van der Waals surface area contributed by atoms with Crippen LogP contribution in [0, 0.1) is 5.92 Å². The van der Waals surface area contributed by atoms with E-state index >= 15 is 0 Å². The molecule has 2 aliphatic rings. The van der Waals surface area contributed by atoms with Crippen molar-refractivity contribution in [2.45, 2.75) is 44.4 Å². The van der Waals surface area contributed by atoms with Crippen molar-refractivity contribution in [3.63, 3.8) is 0 Å². The van der Waals surface area contributed by atoms with Gasteiger partial charge in [-0.2, -0.15) is 13.2 Å². The van der Waals surface area contributed by atoms with Crippen LogP contribution in [-0.2, 0) is 6.54 Å². The Morgan fingerprint density at radius 1 is 1.19 bits per heavy atom. The van der Waals surface area contributed by atoms with E-state index in [9.17, 15) is 13.2 Å². The van der Waals surface area contributed by atoms with Crippen molar-refractivity contribution in [1.29, 1.82) is 0 Å². The Kier molecular flexibility index (Phi) is 4.11. The summed E-state index contributed by atoms with van der Waals surface area (Å²) < 4.78 is 37.1. The fraction of sp³-hybridized carbons (Fsp3) is 0.625. The van der Waals surface area contributed by atoms with E-state index < -0.39 is 12.6 Å². The maximum atomic E-state index is 12.4. The van der Waals surface area contributed by atoms with Crippen LogP contribution in [0.15, 0.2) is 24.3 Å². The molecule has 0 spiro atoms. The quantitative estimate of drug-likeness (QED) is 0.911. The molecule has 1 aromatic carbocycles. The molecule has 0 amide bonds. The molecule has 3 rings (SSSR count). The third-order valence-electron chi connectivity index (χ3n) is 4.38. The van der Waals surface area contributed by atoms with Crippen LogP contribution in [0.25, 0.3) is 0 Å². The first-order valence-corrected chi connectivity index (χ1v) is 7.66. The number of fused-ring (bicyclic) bond motifs is 1. The van der Waals surface area contributed by atoms with Crippen molar-refractivity contribution < 1.29 is 13.2 Å². The van der Waals surface area contributed by atoms with Crippen LogP contribution < -0.4 is 10.2 Å². The number of anilines is 1. The number of halogens is 3. The van der Waals surface area contributed by atoms with E-state index in [4.69, 9.17) is 0 Å². The van der Waals surface area contributed by atoms with Gasteiger partial charge in [-0.25, -0.2) is 0 Å². The Morgan fingerprint density at radius 3 is 2.67 bits per heavy atom. The second-order valence-electron chi connectivity index (χ2n) is 6.12. The number of nitrogens with one attached hydrogen (secondary N) is 1. The molecule has 5 heteroatoms. The fourth-order valence-corrected chi connectivity index (χ4v) is 3.11. The summed E-state index contributed by atoms with van der Waals surface area (Å²) in [5.41, 5.74) is 2.28. The Bertz CT molecular complexity index is 483. The van der Waals surface area contributed by atoms with Gasteiger partial charge in [-0.15, -0.1) is 0 Å². The lowest BCUT2D eigenvalue weighted by Crippen LogP contribution is -2.40. The Labute approximate surface area is 123 Å². The molecule has 116 valence electrons. The van der Waals surface area contributed by atoms with Crippen molar-refractivity contribution in [2.24, 2.45) is 5.92 Å². The first-order valence-electron chi connectivity index (χ1n) is 7.66. The number of benzene rings is 1. The number of hydrogen-bond donors (Lipinski definition) is 1. The highest BCUT2D eigenvalue weighted by Crippen LogP contribution is 2.36. The maximum Gasteiger partial charge on any atom is 0.389 e. The summed E-state index contributed by atoms with van der Waals surface area (Å²) in [7, 11) is 0. The molecule has 1 aromatic rings. The minimum Gasteiger partial charge on any atom is -0.370 e. The van der Waals surface area contributed by atoms with Crippen molar-refractivity contribution in [3.05, 3.63) is 29.8 Å². The van der Waals surface area contributed by atoms with Crippen LogP contribution in [0.5, 0.6) is 0 Å². The third kappa shape index (κ3) is 3.90. The minimum absolute atomic E-state index is 0.162. The largest absolute Gasteiger partial charge is 0.389 e. The molecule has 1 saturated carbocycles. The predicted octanol–water partition coefficient (Wildman–Crippen LogP) is 3.72. The van der Waals surface area contributed by atoms with Gasteiger partial charge in [-0.05, 0) is 36.8 Å². The third-order valence-corrected chi connectivity index (χ3v) is 4.38. The number of hydrogen-bond acceptors (Lipinski definition) is 2. The van der Waals surface area contributed by atoms with E-state index in [1.165, 1.54) is 18.4 Å². The summed E-state index contributed by atoms with van der Waals surface area (Å²) in [4.78, 5) is 2.14. The average molecular weight is 298 g/mol. The summed E-state index contributed by atoms with van der Waals surface area (Å²) in [6.07, 6.45) is -2.11. The highest BCUT2D eigenvalue weighted by atomic mass is 19.4. The fourth-order valence-electron chi connectivity index (χ4n) is 3.11. The molecule has 1 aliphatic carbocycles. The van der Waals surface area contributed by atoms with Gasteiger partial charge in [0, 0.05) is 37.8 Å². The summed E-state index contributed by atoms with van der Waals surface area (Å²) in [6, 6.07) is 8.45. The summed E-state index contributed by atoms with van der Waals surface area (Å²) in [5.74, 6) is 0.699. The van der Waals surface area contributed by atoms with Gasteiger partial charge in [-0.1, -0.05) is 18.2 Å². The molecule has 0 bridgehead atoms. The van der Waals surface area contributed by atoms with E-state index in [0.717, 1.165) is 18.8 Å². The van der Waals surface area contributed by atoms with Gasteiger partial charge in [0.05, 0.1) is 0 Å². The SMILES string of the molecule is FC(F)(F)CCCN1CC(C2CC2)NCc2ccccc21. The first kappa shape index (κ1) is 14.7. The van der Waals surface area contributed by atoms with Crippen LogP contribution in [0.2, 0.25) is 0 Å². The highest BCUT2D eigenvalue weighted by molar-refractivity contribution is 5.54. The van der Waals surface area contributed by atoms with Gasteiger partial charge in [-0.3, -0.25) is 0 Å². The van der Waals surface area contributed by atoms with Crippen LogP contribution in [-0.4, -0.2) is 25.3 Å². The second-order valence-corrected chi connectivity index (χ2v) is 6.12. The van der Waals surface area contributed by atoms with E-state index in [2.05, 4.69) is 16.3 Å². The van der Waals surface area contributed by atoms with Crippen molar-refractivity contribution in [1.82, 2.24) is 5.32 Å². The minimum atomic E-state index is -4.06. The molecule has 1 heterocycles. The van der Waals surface area contributed by atoms with Gasteiger partial charge in [0.2, 0.25) is 0 Å². The van der Waals surface area contributed by atoms with Gasteiger partial charge in [0.25, 0.3) is 0 Å². The number of rotatable bonds is 4. The molecule has 21 heavy (non-hydrogen) atoms. The number of nitrogens with zero attached hydrogens (tertiary/aromatic N) is 1. The molecular weight excluding hydrogens is 277 g/mol. The Hall–Kier alpha value is -1.23. The molecule has 1 atom stereocenters. The van der Waals surface area contributed by atoms with E-state index in [1.54, 1.807) is 0 Å². The second kappa shape index (κ2) is 5.87. The monoisotopic (exact) mass is 298 g/mol. The van der Waals surface area contributed by atoms with Crippen molar-refractivity contribution in [3.8, 4) is 0 Å². The molecule has 2 nitrogen and oxygen atoms in total. The lowest BCUT2D eigenvalue weighted by Gasteiger charge is -2.28. The summed E-state index contributed by atoms with van der Waals surface area (Å²) in [5, 5.41) is 3.57. The molecule has 1 fully saturated rings. The highest BCUT2D eigenvalue weighted by Gasteiger charge is 2.34. The lowest BCUT2D eigenvalue weighted by atomic mass is 10.1. The van der Waals surface area contributed by atoms with Gasteiger partial charge >= 0.3 is 6.18 Å². The van der Waals surface area contributed by atoms with Crippen LogP contribution in [0.4, 0.5) is 18.9 Å². The van der Waals surface area contributed by atoms with E-state index in [-0.39, 0.29) is 6.42 Å². The zero-order valence-electron chi connectivity index (χ0n) is 12.0. The smallest absolute Gasteiger partial charge is 0.370 e. The van der Waals surface area contributed by atoms with E-state index in [1.807, 2.05) is 18.2 Å². The van der Waals surface area contributed by atoms with E-state index in [0.29, 0.717) is 18.5 Å². The molecule has 0 radical (unpaired) electrons. The van der Waals surface area contributed by atoms with Gasteiger partial charge in [0.15, 0.2) is 0 Å². The number of para-hydroxylation sites is 1. The van der Waals surface area contributed by atoms with Crippen molar-refractivity contribution >= 4 is 5.69 Å². The normalized spacial score (nSPS) is 22.8. The first-order chi connectivity index (χ1) is 10.0. The summed E-state index contributed by atoms with van der Waals surface area (Å²) in [6.45, 7) is 2.11. The maximum absolute atomic E-state index is 12.4. The van der Waals surface area contributed by atoms with Crippen LogP contribution in [0.1, 0.15) is 31.2 Å². The van der Waals surface area contributed by atoms with Crippen LogP contribution in [0.3, 0.4) is 0 Å². The van der Waals surface area contributed by atoms with Crippen LogP contribution >= 0.6 is 0 Å². The molecule has 1 N–H and O–H groups in total. The van der Waals surface area contributed by atoms with Gasteiger partial charge in [0.1, 0.15) is 0 Å². The molecule has 0 saturated heterocycles. The summed E-state index contributed by atoms with van der Waals surface area (Å²) >= 11 is 0. The zero-order chi connectivity index (χ0) is 14.9. The predicted molar refractivity (Wildman–Crippen MR) is 77.3 cm³/mol. The topological polar surface area (TPSA) is 15.3 Å².